The summed E-state index contributed by atoms with van der Waals surface area (Å²) in [4.78, 5) is 0. The molecule has 4 aromatic carbocycles. The number of benzene rings is 4. The summed E-state index contributed by atoms with van der Waals surface area (Å²) in [6.45, 7) is 0. The van der Waals surface area contributed by atoms with Gasteiger partial charge in [0.25, 0.3) is 0 Å². The van der Waals surface area contributed by atoms with E-state index in [0.29, 0.717) is 0 Å². The monoisotopic (exact) mass is 394 g/mol. The molecule has 3 aliphatic rings. The summed E-state index contributed by atoms with van der Waals surface area (Å²) in [5.41, 5.74) is 5.07. The van der Waals surface area contributed by atoms with Crippen molar-refractivity contribution in [2.75, 3.05) is 0 Å². The molecule has 0 radical (unpaired) electrons. The van der Waals surface area contributed by atoms with Gasteiger partial charge in [-0.3, -0.25) is 0 Å². The van der Waals surface area contributed by atoms with E-state index in [9.17, 15) is 0 Å². The lowest BCUT2D eigenvalue weighted by Gasteiger charge is -2.29. The fourth-order valence-electron chi connectivity index (χ4n) is 4.41. The van der Waals surface area contributed by atoms with Crippen molar-refractivity contribution >= 4 is 63.3 Å². The van der Waals surface area contributed by atoms with Gasteiger partial charge in [-0.15, -0.1) is 22.7 Å². The van der Waals surface area contributed by atoms with Crippen LogP contribution >= 0.6 is 22.7 Å². The van der Waals surface area contributed by atoms with Crippen LogP contribution in [0.2, 0.25) is 0 Å². The molecule has 2 nitrogen and oxygen atoms in total. The molecule has 4 aromatic rings. The van der Waals surface area contributed by atoms with E-state index in [-0.39, 0.29) is 0 Å². The normalized spacial score (nSPS) is 12.3. The maximum absolute atomic E-state index is 2.43. The molecule has 0 aromatic heterocycles. The highest BCUT2D eigenvalue weighted by molar-refractivity contribution is 7.24. The van der Waals surface area contributed by atoms with Crippen molar-refractivity contribution < 1.29 is 0 Å². The average molecular weight is 395 g/mol. The topological polar surface area (TPSA) is 9.86 Å². The third-order valence-electron chi connectivity index (χ3n) is 5.54. The molecule has 0 saturated carbocycles. The first kappa shape index (κ1) is 14.9. The lowest BCUT2D eigenvalue weighted by Crippen LogP contribution is -2.18. The van der Waals surface area contributed by atoms with E-state index in [1.807, 2.05) is 22.7 Å². The van der Waals surface area contributed by atoms with Crippen molar-refractivity contribution in [2.45, 2.75) is 0 Å². The zero-order chi connectivity index (χ0) is 18.2. The fraction of sp³-hybridized carbons (Fsp3) is 0. The van der Waals surface area contributed by atoms with Gasteiger partial charge >= 0.3 is 0 Å². The van der Waals surface area contributed by atoms with E-state index in [2.05, 4.69) is 94.3 Å². The number of hydrogen-bond donors (Lipinski definition) is 0. The smallest absolute Gasteiger partial charge is 0.0888 e. The van der Waals surface area contributed by atoms with Gasteiger partial charge in [0.05, 0.1) is 41.2 Å². The minimum atomic E-state index is 1.25. The summed E-state index contributed by atoms with van der Waals surface area (Å²) in [5, 5.41) is 2.63. The van der Waals surface area contributed by atoms with Crippen molar-refractivity contribution in [1.82, 2.24) is 9.36 Å². The Morgan fingerprint density at radius 1 is 0.429 bits per heavy atom. The van der Waals surface area contributed by atoms with Crippen molar-refractivity contribution in [3.05, 3.63) is 84.9 Å². The van der Waals surface area contributed by atoms with Crippen LogP contribution in [0, 0.1) is 0 Å². The van der Waals surface area contributed by atoms with Gasteiger partial charge in [-0.2, -0.15) is 0 Å². The number of fused-ring (bicyclic) bond motifs is 6. The lowest BCUT2D eigenvalue weighted by atomic mass is 10.1. The molecule has 132 valence electrons. The third kappa shape index (κ3) is 1.77. The molecular weight excluding hydrogens is 380 g/mol. The second-order valence-electron chi connectivity index (χ2n) is 7.07. The van der Waals surface area contributed by atoms with Crippen molar-refractivity contribution in [1.29, 1.82) is 0 Å². The van der Waals surface area contributed by atoms with Crippen molar-refractivity contribution in [2.24, 2.45) is 0 Å². The summed E-state index contributed by atoms with van der Waals surface area (Å²) >= 11 is 3.73. The molecule has 3 heterocycles. The van der Waals surface area contributed by atoms with Crippen LogP contribution in [0.5, 0.6) is 0 Å². The Bertz CT molecular complexity index is 1500. The predicted octanol–water partition coefficient (Wildman–Crippen LogP) is 7.44. The van der Waals surface area contributed by atoms with Gasteiger partial charge in [-0.05, 0) is 36.4 Å². The SMILES string of the molecule is c1ccc2c(c1)sc1cccc3c1-n2n1c2ccccc2sc2cccc3c2-1. The van der Waals surface area contributed by atoms with E-state index in [0.717, 1.165) is 0 Å². The minimum absolute atomic E-state index is 1.25. The Balaban J connectivity index is 1.95. The van der Waals surface area contributed by atoms with Gasteiger partial charge in [0, 0.05) is 10.8 Å². The third-order valence-corrected chi connectivity index (χ3v) is 7.77. The van der Waals surface area contributed by atoms with Crippen LogP contribution in [-0.4, -0.2) is 9.36 Å². The molecule has 4 heteroatoms. The highest BCUT2D eigenvalue weighted by Gasteiger charge is 2.23. The number of aromatic nitrogens is 2. The fourth-order valence-corrected chi connectivity index (χ4v) is 6.58. The molecule has 28 heavy (non-hydrogen) atoms. The van der Waals surface area contributed by atoms with Crippen LogP contribution in [0.4, 0.5) is 0 Å². The van der Waals surface area contributed by atoms with Crippen LogP contribution < -0.4 is 0 Å². The summed E-state index contributed by atoms with van der Waals surface area (Å²) in [5.74, 6) is 0. The Morgan fingerprint density at radius 3 is 1.36 bits per heavy atom. The van der Waals surface area contributed by atoms with Gasteiger partial charge in [0.2, 0.25) is 0 Å². The van der Waals surface area contributed by atoms with E-state index in [1.54, 1.807) is 0 Å². The maximum atomic E-state index is 2.43. The standard InChI is InChI=1S/C24H14N2S2/c1-3-11-19-17(9-1)25-23-15(7-5-13-21(23)27-19)16-8-6-14-22-24(16)26(25)18-10-2-4-12-20(18)28-22/h1-14H. The summed E-state index contributed by atoms with van der Waals surface area (Å²) in [6.07, 6.45) is 0. The number of hydrogen-bond acceptors (Lipinski definition) is 2. The lowest BCUT2D eigenvalue weighted by molar-refractivity contribution is 0.786. The summed E-state index contributed by atoms with van der Waals surface area (Å²) < 4.78 is 10.1. The van der Waals surface area contributed by atoms with Gasteiger partial charge < -0.3 is 0 Å². The molecule has 0 amide bonds. The Kier molecular flexibility index (Phi) is 2.80. The molecular formula is C24H14N2S2. The van der Waals surface area contributed by atoms with Crippen LogP contribution in [0.1, 0.15) is 0 Å². The zero-order valence-electron chi connectivity index (χ0n) is 14.8. The van der Waals surface area contributed by atoms with Crippen molar-refractivity contribution in [3.8, 4) is 11.4 Å². The summed E-state index contributed by atoms with van der Waals surface area (Å²) in [6, 6.07) is 30.8. The van der Waals surface area contributed by atoms with Gasteiger partial charge in [-0.25, -0.2) is 9.36 Å². The molecule has 0 spiro atoms. The second kappa shape index (κ2) is 5.25. The number of nitrogens with zero attached hydrogens (tertiary/aromatic N) is 2. The molecule has 3 aliphatic heterocycles. The Hall–Kier alpha value is -3.08. The Morgan fingerprint density at radius 2 is 0.857 bits per heavy atom. The molecule has 0 aliphatic carbocycles. The van der Waals surface area contributed by atoms with Gasteiger partial charge in [-0.1, -0.05) is 48.5 Å². The highest BCUT2D eigenvalue weighted by atomic mass is 32.1. The van der Waals surface area contributed by atoms with Crippen LogP contribution in [0.15, 0.2) is 84.9 Å². The first-order valence-corrected chi connectivity index (χ1v) is 10.9. The molecule has 0 saturated heterocycles. The van der Waals surface area contributed by atoms with E-state index >= 15 is 0 Å². The molecule has 7 rings (SSSR count). The molecule has 0 bridgehead atoms. The second-order valence-corrected chi connectivity index (χ2v) is 9.24. The highest BCUT2D eigenvalue weighted by Crippen LogP contribution is 2.44. The zero-order valence-corrected chi connectivity index (χ0v) is 16.4. The predicted molar refractivity (Wildman–Crippen MR) is 122 cm³/mol. The molecule has 0 N–H and O–H groups in total. The van der Waals surface area contributed by atoms with Crippen LogP contribution in [0.25, 0.3) is 52.0 Å². The number of rotatable bonds is 0. The van der Waals surface area contributed by atoms with Gasteiger partial charge in [0.15, 0.2) is 0 Å². The average Bonchev–Trinajstić information content (AvgIpc) is 2.75. The maximum Gasteiger partial charge on any atom is 0.0888 e. The minimum Gasteiger partial charge on any atom is -0.245 e. The van der Waals surface area contributed by atoms with E-state index < -0.39 is 0 Å². The number of para-hydroxylation sites is 4. The van der Waals surface area contributed by atoms with Crippen molar-refractivity contribution in [3.63, 3.8) is 0 Å². The quantitative estimate of drug-likeness (QED) is 0.187. The van der Waals surface area contributed by atoms with Crippen LogP contribution in [-0.2, 0) is 0 Å². The Labute approximate surface area is 168 Å². The van der Waals surface area contributed by atoms with E-state index in [4.69, 9.17) is 0 Å². The van der Waals surface area contributed by atoms with Crippen LogP contribution in [0.3, 0.4) is 0 Å². The summed E-state index contributed by atoms with van der Waals surface area (Å²) in [7, 11) is 0. The molecule has 0 unspecified atom stereocenters. The molecule has 0 fully saturated rings. The first-order chi connectivity index (χ1) is 13.9. The van der Waals surface area contributed by atoms with E-state index in [1.165, 1.54) is 52.0 Å². The first-order valence-electron chi connectivity index (χ1n) is 9.30. The van der Waals surface area contributed by atoms with Gasteiger partial charge in [0.1, 0.15) is 0 Å². The largest absolute Gasteiger partial charge is 0.245 e. The molecule has 0 atom stereocenters.